The molecule has 0 aromatic carbocycles. The number of pyridine rings is 1. The molecule has 1 saturated heterocycles. The number of hydrogen-bond acceptors (Lipinski definition) is 6. The fourth-order valence-corrected chi connectivity index (χ4v) is 3.20. The third-order valence-corrected chi connectivity index (χ3v) is 4.60. The summed E-state index contributed by atoms with van der Waals surface area (Å²) in [6.45, 7) is 8.76. The number of nitrogens with zero attached hydrogens (tertiary/aromatic N) is 5. The average molecular weight is 449 g/mol. The molecule has 152 valence electrons. The van der Waals surface area contributed by atoms with Crippen LogP contribution in [-0.4, -0.2) is 44.4 Å². The van der Waals surface area contributed by atoms with Crippen LogP contribution in [0.2, 0.25) is 0 Å². The SMILES string of the molecule is Brc1cnn2c(NCc3cccnc3)cc(N3CCCC3)nc12.CC.CCO. The van der Waals surface area contributed by atoms with Gasteiger partial charge >= 0.3 is 0 Å². The first kappa shape index (κ1) is 22.1. The van der Waals surface area contributed by atoms with Gasteiger partial charge in [0.1, 0.15) is 11.6 Å². The molecule has 0 saturated carbocycles. The number of aromatic nitrogens is 4. The lowest BCUT2D eigenvalue weighted by atomic mass is 10.3. The molecule has 0 radical (unpaired) electrons. The molecular weight excluding hydrogens is 420 g/mol. The van der Waals surface area contributed by atoms with Gasteiger partial charge in [0.2, 0.25) is 0 Å². The van der Waals surface area contributed by atoms with Crippen LogP contribution in [0.5, 0.6) is 0 Å². The molecule has 8 heteroatoms. The van der Waals surface area contributed by atoms with Crippen LogP contribution in [-0.2, 0) is 6.54 Å². The molecule has 2 N–H and O–H groups in total. The smallest absolute Gasteiger partial charge is 0.173 e. The number of rotatable bonds is 4. The van der Waals surface area contributed by atoms with Crippen molar-refractivity contribution in [3.63, 3.8) is 0 Å². The topological polar surface area (TPSA) is 78.6 Å². The van der Waals surface area contributed by atoms with Crippen molar-refractivity contribution in [3.8, 4) is 0 Å². The van der Waals surface area contributed by atoms with Crippen molar-refractivity contribution in [2.75, 3.05) is 29.9 Å². The van der Waals surface area contributed by atoms with Crippen LogP contribution in [0.4, 0.5) is 11.6 Å². The van der Waals surface area contributed by atoms with E-state index in [1.165, 1.54) is 12.8 Å². The Hall–Kier alpha value is -2.19. The molecule has 0 atom stereocenters. The van der Waals surface area contributed by atoms with Gasteiger partial charge in [-0.2, -0.15) is 9.61 Å². The summed E-state index contributed by atoms with van der Waals surface area (Å²) < 4.78 is 2.74. The Morgan fingerprint density at radius 2 is 1.93 bits per heavy atom. The van der Waals surface area contributed by atoms with Crippen molar-refractivity contribution >= 4 is 33.2 Å². The quantitative estimate of drug-likeness (QED) is 0.624. The van der Waals surface area contributed by atoms with Crippen molar-refractivity contribution in [3.05, 3.63) is 46.8 Å². The molecule has 3 aromatic heterocycles. The normalized spacial score (nSPS) is 12.8. The number of aliphatic hydroxyl groups excluding tert-OH is 1. The van der Waals surface area contributed by atoms with Gasteiger partial charge in [0.05, 0.1) is 10.7 Å². The van der Waals surface area contributed by atoms with E-state index in [9.17, 15) is 0 Å². The average Bonchev–Trinajstić information content (AvgIpc) is 3.40. The molecule has 0 amide bonds. The van der Waals surface area contributed by atoms with Crippen molar-refractivity contribution in [1.29, 1.82) is 0 Å². The maximum absolute atomic E-state index is 7.57. The Labute approximate surface area is 174 Å². The highest BCUT2D eigenvalue weighted by atomic mass is 79.9. The van der Waals surface area contributed by atoms with Crippen LogP contribution >= 0.6 is 15.9 Å². The summed E-state index contributed by atoms with van der Waals surface area (Å²) in [5, 5.41) is 15.4. The van der Waals surface area contributed by atoms with Gasteiger partial charge in [-0.3, -0.25) is 4.98 Å². The Morgan fingerprint density at radius 1 is 1.21 bits per heavy atom. The molecule has 1 aliphatic rings. The zero-order valence-electron chi connectivity index (χ0n) is 16.8. The van der Waals surface area contributed by atoms with Gasteiger partial charge in [0.25, 0.3) is 0 Å². The van der Waals surface area contributed by atoms with Crippen LogP contribution in [0, 0.1) is 0 Å². The minimum absolute atomic E-state index is 0.250. The summed E-state index contributed by atoms with van der Waals surface area (Å²) in [4.78, 5) is 11.2. The number of anilines is 2. The molecule has 7 nitrogen and oxygen atoms in total. The van der Waals surface area contributed by atoms with Crippen LogP contribution in [0.3, 0.4) is 0 Å². The Balaban J connectivity index is 0.000000514. The number of halogens is 1. The van der Waals surface area contributed by atoms with E-state index in [1.807, 2.05) is 30.6 Å². The first-order valence-corrected chi connectivity index (χ1v) is 10.5. The fourth-order valence-electron chi connectivity index (χ4n) is 2.85. The molecule has 1 fully saturated rings. The van der Waals surface area contributed by atoms with E-state index in [0.717, 1.165) is 40.4 Å². The summed E-state index contributed by atoms with van der Waals surface area (Å²) >= 11 is 3.54. The molecule has 0 spiro atoms. The first-order chi connectivity index (χ1) is 13.7. The lowest BCUT2D eigenvalue weighted by Gasteiger charge is -2.18. The second kappa shape index (κ2) is 11.6. The molecule has 28 heavy (non-hydrogen) atoms. The molecule has 3 aromatic rings. The van der Waals surface area contributed by atoms with E-state index < -0.39 is 0 Å². The van der Waals surface area contributed by atoms with Gasteiger partial charge in [0, 0.05) is 44.7 Å². The Bertz CT molecular complexity index is 833. The summed E-state index contributed by atoms with van der Waals surface area (Å²) in [5.74, 6) is 1.94. The minimum atomic E-state index is 0.250. The van der Waals surface area contributed by atoms with Gasteiger partial charge < -0.3 is 15.3 Å². The standard InChI is InChI=1S/C16H17BrN6.C2H6O.C2H6/c17-13-11-20-23-14(19-10-12-4-3-5-18-9-12)8-15(21-16(13)23)22-6-1-2-7-22;1-2-3;1-2/h3-5,8-9,11,19H,1-2,6-7,10H2;3H,2H2,1H3;1-2H3. The monoisotopic (exact) mass is 448 g/mol. The Kier molecular flexibility index (Phi) is 9.16. The van der Waals surface area contributed by atoms with Crippen molar-refractivity contribution in [1.82, 2.24) is 19.6 Å². The molecule has 0 unspecified atom stereocenters. The second-order valence-electron chi connectivity index (χ2n) is 5.95. The summed E-state index contributed by atoms with van der Waals surface area (Å²) in [5.41, 5.74) is 1.97. The van der Waals surface area contributed by atoms with E-state index in [0.29, 0.717) is 6.54 Å². The zero-order chi connectivity index (χ0) is 20.4. The minimum Gasteiger partial charge on any atom is -0.397 e. The zero-order valence-corrected chi connectivity index (χ0v) is 18.4. The highest BCUT2D eigenvalue weighted by molar-refractivity contribution is 9.10. The van der Waals surface area contributed by atoms with Crippen molar-refractivity contribution in [2.45, 2.75) is 40.2 Å². The van der Waals surface area contributed by atoms with E-state index in [-0.39, 0.29) is 6.61 Å². The van der Waals surface area contributed by atoms with Crippen LogP contribution in [0.1, 0.15) is 39.2 Å². The van der Waals surface area contributed by atoms with Crippen LogP contribution < -0.4 is 10.2 Å². The van der Waals surface area contributed by atoms with E-state index >= 15 is 0 Å². The predicted molar refractivity (Wildman–Crippen MR) is 118 cm³/mol. The van der Waals surface area contributed by atoms with Crippen molar-refractivity contribution < 1.29 is 5.11 Å². The summed E-state index contributed by atoms with van der Waals surface area (Å²) in [6, 6.07) is 6.08. The first-order valence-electron chi connectivity index (χ1n) is 9.75. The largest absolute Gasteiger partial charge is 0.397 e. The molecular formula is C20H29BrN6O. The summed E-state index contributed by atoms with van der Waals surface area (Å²) in [7, 11) is 0. The second-order valence-corrected chi connectivity index (χ2v) is 6.81. The van der Waals surface area contributed by atoms with E-state index in [1.54, 1.807) is 19.3 Å². The van der Waals surface area contributed by atoms with Gasteiger partial charge in [-0.15, -0.1) is 0 Å². The van der Waals surface area contributed by atoms with E-state index in [2.05, 4.69) is 48.4 Å². The highest BCUT2D eigenvalue weighted by Gasteiger charge is 2.17. The van der Waals surface area contributed by atoms with Gasteiger partial charge in [-0.05, 0) is 47.3 Å². The fraction of sp³-hybridized carbons (Fsp3) is 0.450. The van der Waals surface area contributed by atoms with E-state index in [4.69, 9.17) is 10.1 Å². The third-order valence-electron chi connectivity index (χ3n) is 4.04. The van der Waals surface area contributed by atoms with Crippen LogP contribution in [0.15, 0.2) is 41.3 Å². The maximum Gasteiger partial charge on any atom is 0.173 e. The summed E-state index contributed by atoms with van der Waals surface area (Å²) in [6.07, 6.45) is 7.89. The molecule has 0 bridgehead atoms. The third kappa shape index (κ3) is 5.65. The van der Waals surface area contributed by atoms with Gasteiger partial charge in [-0.25, -0.2) is 4.98 Å². The lowest BCUT2D eigenvalue weighted by Crippen LogP contribution is -2.20. The molecule has 4 rings (SSSR count). The van der Waals surface area contributed by atoms with Crippen molar-refractivity contribution in [2.24, 2.45) is 0 Å². The molecule has 4 heterocycles. The predicted octanol–water partition coefficient (Wildman–Crippen LogP) is 4.12. The number of nitrogens with one attached hydrogen (secondary N) is 1. The Morgan fingerprint density at radius 3 is 2.57 bits per heavy atom. The lowest BCUT2D eigenvalue weighted by molar-refractivity contribution is 0.318. The number of hydrogen-bond donors (Lipinski definition) is 2. The van der Waals surface area contributed by atoms with Gasteiger partial charge in [0.15, 0.2) is 5.65 Å². The number of fused-ring (bicyclic) bond motifs is 1. The highest BCUT2D eigenvalue weighted by Crippen LogP contribution is 2.26. The number of aliphatic hydroxyl groups is 1. The van der Waals surface area contributed by atoms with Crippen LogP contribution in [0.25, 0.3) is 5.65 Å². The maximum atomic E-state index is 7.57. The molecule has 1 aliphatic heterocycles. The van der Waals surface area contributed by atoms with Gasteiger partial charge in [-0.1, -0.05) is 19.9 Å². The molecule has 0 aliphatic carbocycles.